The number of amides is 1. The van der Waals surface area contributed by atoms with Crippen LogP contribution < -0.4 is 5.32 Å². The number of nitrogens with one attached hydrogen (secondary N) is 1. The maximum atomic E-state index is 12.8. The van der Waals surface area contributed by atoms with Crippen molar-refractivity contribution in [3.8, 4) is 0 Å². The molecule has 0 spiro atoms. The van der Waals surface area contributed by atoms with Gasteiger partial charge in [-0.25, -0.2) is 0 Å². The molecule has 1 atom stereocenters. The number of hydrogen-bond donors (Lipinski definition) is 1. The summed E-state index contributed by atoms with van der Waals surface area (Å²) in [6.07, 6.45) is 0. The second kappa shape index (κ2) is 7.06. The molecule has 1 fully saturated rings. The van der Waals surface area contributed by atoms with Gasteiger partial charge in [-0.15, -0.1) is 0 Å². The Balaban J connectivity index is 1.57. The number of morpholine rings is 1. The molecule has 2 aromatic rings. The van der Waals surface area contributed by atoms with E-state index in [-0.39, 0.29) is 23.5 Å². The van der Waals surface area contributed by atoms with Gasteiger partial charge in [0.25, 0.3) is 0 Å². The van der Waals surface area contributed by atoms with Gasteiger partial charge in [0.05, 0.1) is 19.3 Å². The van der Waals surface area contributed by atoms with Gasteiger partial charge in [0.15, 0.2) is 11.6 Å². The number of carbonyl (C=O) groups excluding carboxylic acids is 3. The molecule has 0 unspecified atom stereocenters. The molecule has 1 saturated heterocycles. The Morgan fingerprint density at radius 2 is 1.56 bits per heavy atom. The van der Waals surface area contributed by atoms with Crippen molar-refractivity contribution < 1.29 is 19.1 Å². The second-order valence-corrected chi connectivity index (χ2v) is 6.78. The van der Waals surface area contributed by atoms with Gasteiger partial charge in [0, 0.05) is 41.0 Å². The average molecular weight is 364 g/mol. The summed E-state index contributed by atoms with van der Waals surface area (Å²) in [4.78, 5) is 40.1. The zero-order valence-corrected chi connectivity index (χ0v) is 15.0. The quantitative estimate of drug-likeness (QED) is 0.770. The van der Waals surface area contributed by atoms with Crippen molar-refractivity contribution in [1.82, 2.24) is 4.90 Å². The third-order valence-corrected chi connectivity index (χ3v) is 5.17. The van der Waals surface area contributed by atoms with Crippen LogP contribution in [0.5, 0.6) is 0 Å². The van der Waals surface area contributed by atoms with E-state index in [4.69, 9.17) is 4.74 Å². The lowest BCUT2D eigenvalue weighted by Gasteiger charge is -2.31. The summed E-state index contributed by atoms with van der Waals surface area (Å²) in [6, 6.07) is 11.4. The number of ether oxygens (including phenoxy) is 1. The molecule has 1 aliphatic carbocycles. The molecule has 0 aromatic heterocycles. The van der Waals surface area contributed by atoms with E-state index in [1.54, 1.807) is 42.5 Å². The van der Waals surface area contributed by atoms with Crippen LogP contribution in [-0.2, 0) is 9.53 Å². The molecule has 6 heteroatoms. The fourth-order valence-corrected chi connectivity index (χ4v) is 3.55. The van der Waals surface area contributed by atoms with Crippen molar-refractivity contribution in [2.75, 3.05) is 31.6 Å². The molecule has 2 aromatic carbocycles. The average Bonchev–Trinajstić information content (AvgIpc) is 2.72. The molecule has 0 saturated carbocycles. The molecule has 6 nitrogen and oxygen atoms in total. The summed E-state index contributed by atoms with van der Waals surface area (Å²) < 4.78 is 5.32. The molecule has 1 amide bonds. The lowest BCUT2D eigenvalue weighted by molar-refractivity contribution is -0.122. The maximum Gasteiger partial charge on any atom is 0.241 e. The van der Waals surface area contributed by atoms with E-state index in [1.807, 2.05) is 6.92 Å². The first-order valence-electron chi connectivity index (χ1n) is 9.01. The SMILES string of the molecule is C[C@H](C(=O)Nc1ccc2c(c1)C(=O)c1ccccc1C2=O)N1CCOCC1. The lowest BCUT2D eigenvalue weighted by Crippen LogP contribution is -2.47. The minimum atomic E-state index is -0.303. The standard InChI is InChI=1S/C21H20N2O4/c1-13(23-8-10-27-11-9-23)21(26)22-14-6-7-17-18(12-14)20(25)16-5-3-2-4-15(16)19(17)24/h2-7,12-13H,8-11H2,1H3,(H,22,26)/t13-/m1/s1. The number of fused-ring (bicyclic) bond motifs is 2. The lowest BCUT2D eigenvalue weighted by atomic mass is 9.84. The topological polar surface area (TPSA) is 75.7 Å². The Morgan fingerprint density at radius 3 is 2.22 bits per heavy atom. The van der Waals surface area contributed by atoms with Gasteiger partial charge in [0.2, 0.25) is 5.91 Å². The van der Waals surface area contributed by atoms with Crippen molar-refractivity contribution in [1.29, 1.82) is 0 Å². The van der Waals surface area contributed by atoms with E-state index in [0.717, 1.165) is 0 Å². The summed E-state index contributed by atoms with van der Waals surface area (Å²) in [7, 11) is 0. The van der Waals surface area contributed by atoms with Gasteiger partial charge in [-0.3, -0.25) is 19.3 Å². The van der Waals surface area contributed by atoms with Gasteiger partial charge in [0.1, 0.15) is 0 Å². The van der Waals surface area contributed by atoms with E-state index in [2.05, 4.69) is 10.2 Å². The third kappa shape index (κ3) is 3.18. The monoisotopic (exact) mass is 364 g/mol. The fraction of sp³-hybridized carbons (Fsp3) is 0.286. The van der Waals surface area contributed by atoms with Crippen LogP contribution in [0.1, 0.15) is 38.8 Å². The largest absolute Gasteiger partial charge is 0.379 e. The second-order valence-electron chi connectivity index (χ2n) is 6.78. The van der Waals surface area contributed by atoms with Crippen LogP contribution in [0, 0.1) is 0 Å². The fourth-order valence-electron chi connectivity index (χ4n) is 3.55. The molecule has 138 valence electrons. The van der Waals surface area contributed by atoms with Crippen LogP contribution >= 0.6 is 0 Å². The Kier molecular flexibility index (Phi) is 4.59. The van der Waals surface area contributed by atoms with Crippen molar-refractivity contribution in [2.45, 2.75) is 13.0 Å². The third-order valence-electron chi connectivity index (χ3n) is 5.17. The van der Waals surface area contributed by atoms with Crippen LogP contribution in [0.2, 0.25) is 0 Å². The highest BCUT2D eigenvalue weighted by atomic mass is 16.5. The molecule has 27 heavy (non-hydrogen) atoms. The van der Waals surface area contributed by atoms with Crippen molar-refractivity contribution in [3.63, 3.8) is 0 Å². The highest BCUT2D eigenvalue weighted by Crippen LogP contribution is 2.29. The van der Waals surface area contributed by atoms with E-state index in [1.165, 1.54) is 0 Å². The smallest absolute Gasteiger partial charge is 0.241 e. The van der Waals surface area contributed by atoms with Crippen molar-refractivity contribution >= 4 is 23.2 Å². The van der Waals surface area contributed by atoms with Gasteiger partial charge >= 0.3 is 0 Å². The number of nitrogens with zero attached hydrogens (tertiary/aromatic N) is 1. The van der Waals surface area contributed by atoms with Gasteiger partial charge in [-0.2, -0.15) is 0 Å². The number of ketones is 2. The van der Waals surface area contributed by atoms with Gasteiger partial charge in [-0.1, -0.05) is 24.3 Å². The van der Waals surface area contributed by atoms with E-state index in [0.29, 0.717) is 54.2 Å². The molecule has 0 bridgehead atoms. The Bertz CT molecular complexity index is 932. The summed E-state index contributed by atoms with van der Waals surface area (Å²) in [6.45, 7) is 4.51. The van der Waals surface area contributed by atoms with Gasteiger partial charge in [-0.05, 0) is 25.1 Å². The first kappa shape index (κ1) is 17.6. The molecule has 0 radical (unpaired) electrons. The van der Waals surface area contributed by atoms with E-state index >= 15 is 0 Å². The minimum absolute atomic E-state index is 0.146. The zero-order valence-electron chi connectivity index (χ0n) is 15.0. The molecule has 1 N–H and O–H groups in total. The number of benzene rings is 2. The number of anilines is 1. The normalized spacial score (nSPS) is 17.8. The molecular formula is C21H20N2O4. The van der Waals surface area contributed by atoms with Crippen molar-refractivity contribution in [2.24, 2.45) is 0 Å². The summed E-state index contributed by atoms with van der Waals surface area (Å²) in [5.74, 6) is -0.510. The molecule has 1 heterocycles. The van der Waals surface area contributed by atoms with Crippen LogP contribution in [0.25, 0.3) is 0 Å². The van der Waals surface area contributed by atoms with Crippen LogP contribution in [0.4, 0.5) is 5.69 Å². The maximum absolute atomic E-state index is 12.8. The number of carbonyl (C=O) groups is 3. The van der Waals surface area contributed by atoms with Crippen LogP contribution in [0.3, 0.4) is 0 Å². The van der Waals surface area contributed by atoms with E-state index < -0.39 is 0 Å². The Morgan fingerprint density at radius 1 is 0.963 bits per heavy atom. The first-order chi connectivity index (χ1) is 13.1. The van der Waals surface area contributed by atoms with E-state index in [9.17, 15) is 14.4 Å². The highest BCUT2D eigenvalue weighted by molar-refractivity contribution is 6.28. The summed E-state index contributed by atoms with van der Waals surface area (Å²) in [5.41, 5.74) is 2.04. The highest BCUT2D eigenvalue weighted by Gasteiger charge is 2.30. The minimum Gasteiger partial charge on any atom is -0.379 e. The van der Waals surface area contributed by atoms with Gasteiger partial charge < -0.3 is 10.1 Å². The Hall–Kier alpha value is -2.83. The van der Waals surface area contributed by atoms with Crippen LogP contribution in [-0.4, -0.2) is 54.7 Å². The summed E-state index contributed by atoms with van der Waals surface area (Å²) in [5, 5.41) is 2.86. The zero-order chi connectivity index (χ0) is 19.0. The van der Waals surface area contributed by atoms with Crippen molar-refractivity contribution in [3.05, 3.63) is 64.7 Å². The predicted octanol–water partition coefficient (Wildman–Crippen LogP) is 2.12. The number of hydrogen-bond acceptors (Lipinski definition) is 5. The molecule has 2 aliphatic rings. The molecule has 1 aliphatic heterocycles. The number of rotatable bonds is 3. The predicted molar refractivity (Wildman–Crippen MR) is 100 cm³/mol. The van der Waals surface area contributed by atoms with Crippen LogP contribution in [0.15, 0.2) is 42.5 Å². The Labute approximate surface area is 157 Å². The summed E-state index contributed by atoms with van der Waals surface area (Å²) >= 11 is 0. The molecular weight excluding hydrogens is 344 g/mol. The molecule has 4 rings (SSSR count). The first-order valence-corrected chi connectivity index (χ1v) is 9.01.